The molecule has 0 spiro atoms. The Bertz CT molecular complexity index is 2940. The van der Waals surface area contributed by atoms with Gasteiger partial charge in [-0.05, 0) is 117 Å². The van der Waals surface area contributed by atoms with E-state index in [0.29, 0.717) is 22.6 Å². The number of aryl methyl sites for hydroxylation is 2. The molecule has 0 radical (unpaired) electrons. The first-order chi connectivity index (χ1) is 29.4. The molecule has 0 saturated carbocycles. The molecule has 0 aliphatic heterocycles. The highest BCUT2D eigenvalue weighted by molar-refractivity contribution is 6.15. The third-order valence-corrected chi connectivity index (χ3v) is 11.5. The zero-order valence-corrected chi connectivity index (χ0v) is 33.4. The molecule has 0 amide bonds. The average Bonchev–Trinajstić information content (AvgIpc) is 3.28. The maximum atomic E-state index is 12.2. The molecule has 0 aliphatic rings. The fraction of sp³-hybridized carbons (Fsp3) is 0.0877. The van der Waals surface area contributed by atoms with E-state index in [2.05, 4.69) is 111 Å². The molecule has 10 rings (SSSR count). The molecule has 0 bridgehead atoms. The van der Waals surface area contributed by atoms with Gasteiger partial charge in [-0.2, -0.15) is 0 Å². The lowest BCUT2D eigenvalue weighted by molar-refractivity contribution is 0.218. The summed E-state index contributed by atoms with van der Waals surface area (Å²) in [7, 11) is 0. The lowest BCUT2D eigenvalue weighted by atomic mass is 9.88. The minimum absolute atomic E-state index is 0. The van der Waals surface area contributed by atoms with Crippen LogP contribution >= 0.6 is 0 Å². The smallest absolute Gasteiger partial charge is 0.131 e. The van der Waals surface area contributed by atoms with Crippen LogP contribution in [0.4, 0.5) is 0 Å². The van der Waals surface area contributed by atoms with Crippen molar-refractivity contribution in [3.63, 3.8) is 0 Å². The number of phenols is 2. The van der Waals surface area contributed by atoms with Crippen molar-refractivity contribution in [3.8, 4) is 67.5 Å². The van der Waals surface area contributed by atoms with Crippen molar-refractivity contribution >= 4 is 43.1 Å². The van der Waals surface area contributed by atoms with Gasteiger partial charge in [0.15, 0.2) is 0 Å². The summed E-state index contributed by atoms with van der Waals surface area (Å²) < 4.78 is 12.9. The summed E-state index contributed by atoms with van der Waals surface area (Å²) in [5, 5.41) is 33.1. The number of hydrogen-bond acceptors (Lipinski definition) is 4. The third kappa shape index (κ3) is 7.06. The summed E-state index contributed by atoms with van der Waals surface area (Å²) in [6.45, 7) is 4.64. The molecule has 0 fully saturated rings. The summed E-state index contributed by atoms with van der Waals surface area (Å²) in [4.78, 5) is 0. The number of fused-ring (bicyclic) bond motifs is 4. The van der Waals surface area contributed by atoms with Crippen molar-refractivity contribution in [2.45, 2.75) is 21.3 Å². The SMILES string of the molecule is C.Cc1cc(-c2ccccc2OCCOc2ccccc2-c2cc(C)cc(-c3c4ccccc4cc4ccccc34)c2O)c(O)c(-c2c3ccccc3cc3ccccc23)c1. The van der Waals surface area contributed by atoms with Gasteiger partial charge in [-0.1, -0.05) is 141 Å². The second-order valence-electron chi connectivity index (χ2n) is 15.5. The van der Waals surface area contributed by atoms with Gasteiger partial charge in [-0.25, -0.2) is 0 Å². The van der Waals surface area contributed by atoms with Gasteiger partial charge in [0.2, 0.25) is 0 Å². The van der Waals surface area contributed by atoms with Crippen molar-refractivity contribution < 1.29 is 19.7 Å². The van der Waals surface area contributed by atoms with Gasteiger partial charge >= 0.3 is 0 Å². The molecule has 10 aromatic carbocycles. The maximum absolute atomic E-state index is 12.2. The zero-order valence-electron chi connectivity index (χ0n) is 33.4. The normalized spacial score (nSPS) is 11.2. The predicted molar refractivity (Wildman–Crippen MR) is 255 cm³/mol. The molecule has 0 unspecified atom stereocenters. The summed E-state index contributed by atoms with van der Waals surface area (Å²) in [5.74, 6) is 1.70. The van der Waals surface area contributed by atoms with E-state index >= 15 is 0 Å². The van der Waals surface area contributed by atoms with Crippen LogP contribution < -0.4 is 9.47 Å². The largest absolute Gasteiger partial charge is 0.507 e. The third-order valence-electron chi connectivity index (χ3n) is 11.5. The van der Waals surface area contributed by atoms with Crippen LogP contribution in [-0.4, -0.2) is 23.4 Å². The van der Waals surface area contributed by atoms with Crippen molar-refractivity contribution in [1.29, 1.82) is 0 Å². The maximum Gasteiger partial charge on any atom is 0.131 e. The minimum atomic E-state index is 0. The number of hydrogen-bond donors (Lipinski definition) is 2. The van der Waals surface area contributed by atoms with Crippen LogP contribution in [-0.2, 0) is 0 Å². The van der Waals surface area contributed by atoms with E-state index in [1.807, 2.05) is 84.9 Å². The van der Waals surface area contributed by atoms with Crippen molar-refractivity contribution in [2.24, 2.45) is 0 Å². The number of aromatic hydroxyl groups is 2. The van der Waals surface area contributed by atoms with Crippen LogP contribution in [0.5, 0.6) is 23.0 Å². The molecule has 0 saturated heterocycles. The Hall–Kier alpha value is -7.56. The molecule has 61 heavy (non-hydrogen) atoms. The molecule has 0 heterocycles. The topological polar surface area (TPSA) is 58.9 Å². The zero-order chi connectivity index (χ0) is 40.7. The predicted octanol–water partition coefficient (Wildman–Crippen LogP) is 15.1. The van der Waals surface area contributed by atoms with Crippen molar-refractivity contribution in [2.75, 3.05) is 13.2 Å². The number of phenolic OH excluding ortho intramolecular Hbond substituents is 2. The first-order valence-electron chi connectivity index (χ1n) is 20.4. The van der Waals surface area contributed by atoms with E-state index in [1.165, 1.54) is 0 Å². The molecule has 0 atom stereocenters. The van der Waals surface area contributed by atoms with Gasteiger partial charge in [0.1, 0.15) is 36.2 Å². The Labute approximate surface area is 356 Å². The molecule has 10 aromatic rings. The van der Waals surface area contributed by atoms with Crippen LogP contribution in [0, 0.1) is 13.8 Å². The van der Waals surface area contributed by atoms with Gasteiger partial charge in [-0.15, -0.1) is 0 Å². The fourth-order valence-electron chi connectivity index (χ4n) is 8.89. The van der Waals surface area contributed by atoms with Gasteiger partial charge in [-0.3, -0.25) is 0 Å². The first kappa shape index (κ1) is 38.9. The second kappa shape index (κ2) is 16.2. The monoisotopic (exact) mass is 794 g/mol. The summed E-state index contributed by atoms with van der Waals surface area (Å²) >= 11 is 0. The quantitative estimate of drug-likeness (QED) is 0.113. The molecule has 0 aliphatic carbocycles. The highest BCUT2D eigenvalue weighted by Crippen LogP contribution is 2.48. The molecule has 298 valence electrons. The van der Waals surface area contributed by atoms with Crippen LogP contribution in [0.3, 0.4) is 0 Å². The number of ether oxygens (including phenoxy) is 2. The van der Waals surface area contributed by atoms with Crippen LogP contribution in [0.15, 0.2) is 182 Å². The number of para-hydroxylation sites is 2. The van der Waals surface area contributed by atoms with Gasteiger partial charge in [0, 0.05) is 44.5 Å². The van der Waals surface area contributed by atoms with E-state index in [1.54, 1.807) is 0 Å². The minimum Gasteiger partial charge on any atom is -0.507 e. The van der Waals surface area contributed by atoms with E-state index in [9.17, 15) is 10.2 Å². The van der Waals surface area contributed by atoms with E-state index in [4.69, 9.17) is 9.47 Å². The number of benzene rings is 10. The van der Waals surface area contributed by atoms with Crippen molar-refractivity contribution in [3.05, 3.63) is 193 Å². The fourth-order valence-corrected chi connectivity index (χ4v) is 8.89. The van der Waals surface area contributed by atoms with Gasteiger partial charge in [0.25, 0.3) is 0 Å². The van der Waals surface area contributed by atoms with Crippen molar-refractivity contribution in [1.82, 2.24) is 0 Å². The standard InChI is InChI=1S/C56H42O4.CH4/c1-35-29-47(55(57)49(31-35)53-41-19-7-3-15-37(41)33-38-16-4-8-20-42(38)53)45-23-11-13-25-51(45)59-27-28-60-52-26-14-12-24-46(52)48-30-36(2)32-50(56(48)58)54-43-21-9-5-17-39(43)34-40-18-6-10-22-44(40)54;/h3-26,29-34,57-58H,27-28H2,1-2H3;1H4. The molecule has 4 nitrogen and oxygen atoms in total. The molecule has 2 N–H and O–H groups in total. The lowest BCUT2D eigenvalue weighted by Crippen LogP contribution is -2.10. The highest BCUT2D eigenvalue weighted by atomic mass is 16.5. The Morgan fingerprint density at radius 3 is 1.00 bits per heavy atom. The molecule has 4 heteroatoms. The molecular weight excluding hydrogens is 749 g/mol. The van der Waals surface area contributed by atoms with Crippen LogP contribution in [0.2, 0.25) is 0 Å². The highest BCUT2D eigenvalue weighted by Gasteiger charge is 2.21. The van der Waals surface area contributed by atoms with Gasteiger partial charge < -0.3 is 19.7 Å². The van der Waals surface area contributed by atoms with Gasteiger partial charge in [0.05, 0.1) is 0 Å². The molecule has 0 aromatic heterocycles. The Morgan fingerprint density at radius 2 is 0.639 bits per heavy atom. The second-order valence-corrected chi connectivity index (χ2v) is 15.5. The average molecular weight is 795 g/mol. The Kier molecular flexibility index (Phi) is 10.4. The van der Waals surface area contributed by atoms with E-state index in [0.717, 1.165) is 87.6 Å². The summed E-state index contributed by atoms with van der Waals surface area (Å²) in [6.07, 6.45) is 0. The van der Waals surface area contributed by atoms with E-state index in [-0.39, 0.29) is 32.1 Å². The van der Waals surface area contributed by atoms with Crippen LogP contribution in [0.25, 0.3) is 87.6 Å². The Balaban J connectivity index is 0.00000476. The first-order valence-corrected chi connectivity index (χ1v) is 20.4. The Morgan fingerprint density at radius 1 is 0.344 bits per heavy atom. The van der Waals surface area contributed by atoms with E-state index < -0.39 is 0 Å². The summed E-state index contributed by atoms with van der Waals surface area (Å²) in [6, 6.07) is 61.6. The number of rotatable bonds is 9. The van der Waals surface area contributed by atoms with Crippen LogP contribution in [0.1, 0.15) is 18.6 Å². The molecular formula is C57H46O4. The summed E-state index contributed by atoms with van der Waals surface area (Å²) in [5.41, 5.74) is 8.63. The lowest BCUT2D eigenvalue weighted by Gasteiger charge is -2.19.